The van der Waals surface area contributed by atoms with Crippen LogP contribution in [0.25, 0.3) is 10.2 Å². The van der Waals surface area contributed by atoms with E-state index >= 15 is 0 Å². The molecule has 2 aromatic heterocycles. The highest BCUT2D eigenvalue weighted by Gasteiger charge is 2.25. The van der Waals surface area contributed by atoms with Gasteiger partial charge in [-0.1, -0.05) is 18.3 Å². The number of thiazole rings is 1. The summed E-state index contributed by atoms with van der Waals surface area (Å²) in [7, 11) is 0. The quantitative estimate of drug-likeness (QED) is 0.391. The van der Waals surface area contributed by atoms with Crippen LogP contribution in [0, 0.1) is 5.92 Å². The van der Waals surface area contributed by atoms with Crippen molar-refractivity contribution in [1.82, 2.24) is 19.9 Å². The van der Waals surface area contributed by atoms with Crippen molar-refractivity contribution in [1.29, 1.82) is 0 Å². The number of aliphatic hydroxyl groups is 1. The molecule has 1 aliphatic rings. The number of ether oxygens (including phenoxy) is 1. The molecule has 1 aromatic carbocycles. The zero-order valence-corrected chi connectivity index (χ0v) is 20.3. The number of morpholine rings is 1. The second kappa shape index (κ2) is 11.1. The van der Waals surface area contributed by atoms with Gasteiger partial charge in [-0.05, 0) is 30.4 Å². The number of amides is 1. The number of aliphatic hydroxyl groups excluding tert-OH is 1. The van der Waals surface area contributed by atoms with Crippen molar-refractivity contribution in [2.45, 2.75) is 17.9 Å². The summed E-state index contributed by atoms with van der Waals surface area (Å²) in [6, 6.07) is 5.59. The van der Waals surface area contributed by atoms with Crippen molar-refractivity contribution in [3.8, 4) is 0 Å². The number of nitrogens with one attached hydrogen (secondary N) is 2. The molecule has 3 heterocycles. The van der Waals surface area contributed by atoms with E-state index in [0.717, 1.165) is 33.3 Å². The number of carbonyl (C=O) groups excluding carboxylic acids is 1. The fourth-order valence-corrected chi connectivity index (χ4v) is 4.67. The largest absolute Gasteiger partial charge is 0.394 e. The van der Waals surface area contributed by atoms with Crippen LogP contribution >= 0.6 is 23.1 Å². The van der Waals surface area contributed by atoms with Crippen molar-refractivity contribution in [2.24, 2.45) is 5.92 Å². The van der Waals surface area contributed by atoms with Crippen molar-refractivity contribution in [3.05, 3.63) is 36.2 Å². The maximum atomic E-state index is 12.9. The van der Waals surface area contributed by atoms with Gasteiger partial charge in [0.1, 0.15) is 0 Å². The molecular formula is C22H28N6O3S2. The SMILES string of the molecule is CSc1cnc(NC[C@H](C)CNc2nc3ccc(C(=O)N4CCOC(CO)C4)cc3s2)nc1. The van der Waals surface area contributed by atoms with Gasteiger partial charge in [0.05, 0.1) is 29.5 Å². The summed E-state index contributed by atoms with van der Waals surface area (Å²) in [6.45, 7) is 4.92. The van der Waals surface area contributed by atoms with E-state index in [0.29, 0.717) is 37.1 Å². The van der Waals surface area contributed by atoms with E-state index in [4.69, 9.17) is 4.74 Å². The summed E-state index contributed by atoms with van der Waals surface area (Å²) in [5.74, 6) is 0.912. The summed E-state index contributed by atoms with van der Waals surface area (Å²) in [5, 5.41) is 16.8. The van der Waals surface area contributed by atoms with Crippen LogP contribution in [0.5, 0.6) is 0 Å². The topological polar surface area (TPSA) is 112 Å². The highest BCUT2D eigenvalue weighted by atomic mass is 32.2. The molecule has 0 spiro atoms. The van der Waals surface area contributed by atoms with Gasteiger partial charge in [-0.3, -0.25) is 4.79 Å². The molecule has 4 rings (SSSR count). The molecule has 1 fully saturated rings. The number of rotatable bonds is 9. The predicted molar refractivity (Wildman–Crippen MR) is 132 cm³/mol. The molecule has 2 atom stereocenters. The Bertz CT molecular complexity index is 1080. The lowest BCUT2D eigenvalue weighted by Crippen LogP contribution is -2.46. The molecule has 0 bridgehead atoms. The van der Waals surface area contributed by atoms with Crippen LogP contribution in [0.2, 0.25) is 0 Å². The Morgan fingerprint density at radius 2 is 2.12 bits per heavy atom. The first-order valence-electron chi connectivity index (χ1n) is 10.8. The number of anilines is 2. The minimum absolute atomic E-state index is 0.0472. The lowest BCUT2D eigenvalue weighted by molar-refractivity contribution is -0.0447. The van der Waals surface area contributed by atoms with Crippen LogP contribution < -0.4 is 10.6 Å². The van der Waals surface area contributed by atoms with Crippen molar-refractivity contribution in [3.63, 3.8) is 0 Å². The van der Waals surface area contributed by atoms with Crippen molar-refractivity contribution in [2.75, 3.05) is 56.3 Å². The highest BCUT2D eigenvalue weighted by Crippen LogP contribution is 2.27. The van der Waals surface area contributed by atoms with E-state index in [1.165, 1.54) is 11.3 Å². The molecule has 0 saturated carbocycles. The maximum absolute atomic E-state index is 12.9. The number of thioether (sulfide) groups is 1. The molecule has 0 aliphatic carbocycles. The van der Waals surface area contributed by atoms with E-state index in [9.17, 15) is 9.90 Å². The summed E-state index contributed by atoms with van der Waals surface area (Å²) < 4.78 is 6.40. The monoisotopic (exact) mass is 488 g/mol. The first-order chi connectivity index (χ1) is 16.1. The number of hydrogen-bond acceptors (Lipinski definition) is 10. The summed E-state index contributed by atoms with van der Waals surface area (Å²) in [4.78, 5) is 28.9. The smallest absolute Gasteiger partial charge is 0.254 e. The molecule has 1 aliphatic heterocycles. The van der Waals surface area contributed by atoms with Gasteiger partial charge >= 0.3 is 0 Å². The van der Waals surface area contributed by atoms with E-state index in [2.05, 4.69) is 32.5 Å². The molecule has 11 heteroatoms. The Labute approximate surface area is 201 Å². The number of benzene rings is 1. The van der Waals surface area contributed by atoms with Crippen molar-refractivity contribution >= 4 is 50.3 Å². The van der Waals surface area contributed by atoms with Gasteiger partial charge < -0.3 is 25.4 Å². The van der Waals surface area contributed by atoms with E-state index < -0.39 is 0 Å². The minimum atomic E-state index is -0.316. The Kier molecular flexibility index (Phi) is 7.97. The Morgan fingerprint density at radius 1 is 1.33 bits per heavy atom. The average Bonchev–Trinajstić information content (AvgIpc) is 3.28. The zero-order valence-electron chi connectivity index (χ0n) is 18.7. The van der Waals surface area contributed by atoms with Gasteiger partial charge in [0.15, 0.2) is 5.13 Å². The molecule has 9 nitrogen and oxygen atoms in total. The van der Waals surface area contributed by atoms with Gasteiger partial charge in [-0.2, -0.15) is 0 Å². The molecule has 3 N–H and O–H groups in total. The lowest BCUT2D eigenvalue weighted by Gasteiger charge is -2.32. The molecule has 1 amide bonds. The Hall–Kier alpha value is -2.47. The third-order valence-corrected chi connectivity index (χ3v) is 7.00. The lowest BCUT2D eigenvalue weighted by atomic mass is 10.1. The fourth-order valence-electron chi connectivity index (χ4n) is 3.44. The van der Waals surface area contributed by atoms with E-state index in [-0.39, 0.29) is 18.6 Å². The van der Waals surface area contributed by atoms with Gasteiger partial charge in [-0.25, -0.2) is 15.0 Å². The third kappa shape index (κ3) is 6.11. The molecule has 3 aromatic rings. The Balaban J connectivity index is 1.31. The summed E-state index contributed by atoms with van der Waals surface area (Å²) >= 11 is 3.15. The molecule has 33 heavy (non-hydrogen) atoms. The number of fused-ring (bicyclic) bond motifs is 1. The second-order valence-electron chi connectivity index (χ2n) is 7.94. The molecular weight excluding hydrogens is 460 g/mol. The molecule has 1 unspecified atom stereocenters. The summed E-state index contributed by atoms with van der Waals surface area (Å²) in [6.07, 6.45) is 5.31. The third-order valence-electron chi connectivity index (χ3n) is 5.34. The standard InChI is InChI=1S/C22H28N6O3S2/c1-14(8-23-21-24-10-17(32-2)11-25-21)9-26-22-27-18-4-3-15(7-19(18)33-22)20(30)28-5-6-31-16(12-28)13-29/h3-4,7,10-11,14,16,29H,5-6,8-9,12-13H2,1-2H3,(H,26,27)(H,23,24,25)/t14-,16?/m0/s1. The second-order valence-corrected chi connectivity index (χ2v) is 9.85. The molecule has 0 radical (unpaired) electrons. The van der Waals surface area contributed by atoms with Gasteiger partial charge in [0, 0.05) is 49.0 Å². The average molecular weight is 489 g/mol. The van der Waals surface area contributed by atoms with Crippen LogP contribution in [0.3, 0.4) is 0 Å². The van der Waals surface area contributed by atoms with Crippen LogP contribution in [0.1, 0.15) is 17.3 Å². The zero-order chi connectivity index (χ0) is 23.2. The number of hydrogen-bond donors (Lipinski definition) is 3. The van der Waals surface area contributed by atoms with E-state index in [1.54, 1.807) is 16.7 Å². The normalized spacial score (nSPS) is 17.2. The highest BCUT2D eigenvalue weighted by molar-refractivity contribution is 7.98. The minimum Gasteiger partial charge on any atom is -0.394 e. The number of carbonyl (C=O) groups is 1. The maximum Gasteiger partial charge on any atom is 0.254 e. The van der Waals surface area contributed by atoms with Gasteiger partial charge in [0.2, 0.25) is 5.95 Å². The fraction of sp³-hybridized carbons (Fsp3) is 0.455. The van der Waals surface area contributed by atoms with Crippen LogP contribution in [-0.2, 0) is 4.74 Å². The Morgan fingerprint density at radius 3 is 2.88 bits per heavy atom. The predicted octanol–water partition coefficient (Wildman–Crippen LogP) is 2.80. The van der Waals surface area contributed by atoms with Gasteiger partial charge in [-0.15, -0.1) is 11.8 Å². The van der Waals surface area contributed by atoms with Crippen molar-refractivity contribution < 1.29 is 14.6 Å². The van der Waals surface area contributed by atoms with Crippen LogP contribution in [0.15, 0.2) is 35.5 Å². The first-order valence-corrected chi connectivity index (χ1v) is 12.9. The molecule has 1 saturated heterocycles. The first kappa shape index (κ1) is 23.7. The molecule has 176 valence electrons. The van der Waals surface area contributed by atoms with Crippen LogP contribution in [0.4, 0.5) is 11.1 Å². The van der Waals surface area contributed by atoms with Crippen LogP contribution in [-0.4, -0.2) is 82.6 Å². The number of nitrogens with zero attached hydrogens (tertiary/aromatic N) is 4. The summed E-state index contributed by atoms with van der Waals surface area (Å²) in [5.41, 5.74) is 1.49. The number of aromatic nitrogens is 3. The van der Waals surface area contributed by atoms with Gasteiger partial charge in [0.25, 0.3) is 5.91 Å². The van der Waals surface area contributed by atoms with E-state index in [1.807, 2.05) is 36.8 Å².